The highest BCUT2D eigenvalue weighted by Crippen LogP contribution is 2.31. The lowest BCUT2D eigenvalue weighted by atomic mass is 9.92. The molecule has 1 heterocycles. The first-order valence-corrected chi connectivity index (χ1v) is 7.00. The fourth-order valence-corrected chi connectivity index (χ4v) is 3.57. The maximum absolute atomic E-state index is 5.46. The summed E-state index contributed by atoms with van der Waals surface area (Å²) in [7, 11) is 2.01. The first-order chi connectivity index (χ1) is 7.70. The molecule has 2 atom stereocenters. The van der Waals surface area contributed by atoms with Crippen LogP contribution in [-0.2, 0) is 4.74 Å². The van der Waals surface area contributed by atoms with Crippen molar-refractivity contribution >= 4 is 31.9 Å². The zero-order valence-corrected chi connectivity index (χ0v) is 12.3. The van der Waals surface area contributed by atoms with E-state index < -0.39 is 0 Å². The van der Waals surface area contributed by atoms with Crippen LogP contribution in [0.3, 0.4) is 0 Å². The van der Waals surface area contributed by atoms with E-state index in [9.17, 15) is 0 Å². The third-order valence-electron chi connectivity index (χ3n) is 2.99. The summed E-state index contributed by atoms with van der Waals surface area (Å²) in [6.07, 6.45) is 1.13. The molecule has 0 aliphatic carbocycles. The summed E-state index contributed by atoms with van der Waals surface area (Å²) >= 11 is 7.06. The molecule has 2 nitrogen and oxygen atoms in total. The summed E-state index contributed by atoms with van der Waals surface area (Å²) < 4.78 is 7.67. The van der Waals surface area contributed by atoms with Gasteiger partial charge in [-0.25, -0.2) is 0 Å². The lowest BCUT2D eigenvalue weighted by Crippen LogP contribution is -2.25. The van der Waals surface area contributed by atoms with Crippen LogP contribution in [0.2, 0.25) is 0 Å². The van der Waals surface area contributed by atoms with Crippen molar-refractivity contribution in [3.05, 3.63) is 32.7 Å². The Morgan fingerprint density at radius 3 is 2.50 bits per heavy atom. The van der Waals surface area contributed by atoms with E-state index in [0.29, 0.717) is 12.0 Å². The van der Waals surface area contributed by atoms with Crippen LogP contribution in [0.4, 0.5) is 0 Å². The fourth-order valence-electron chi connectivity index (χ4n) is 2.24. The molecule has 1 aliphatic rings. The van der Waals surface area contributed by atoms with Gasteiger partial charge in [-0.15, -0.1) is 0 Å². The Morgan fingerprint density at radius 1 is 1.31 bits per heavy atom. The van der Waals surface area contributed by atoms with Crippen LogP contribution < -0.4 is 5.32 Å². The maximum atomic E-state index is 5.46. The van der Waals surface area contributed by atoms with Crippen LogP contribution in [0, 0.1) is 5.92 Å². The smallest absolute Gasteiger partial charge is 0.0513 e. The molecule has 1 saturated heterocycles. The second-order valence-corrected chi connectivity index (χ2v) is 5.92. The van der Waals surface area contributed by atoms with E-state index in [1.54, 1.807) is 0 Å². The number of benzene rings is 1. The molecule has 0 bridgehead atoms. The Morgan fingerprint density at radius 2 is 2.00 bits per heavy atom. The third kappa shape index (κ3) is 2.86. The molecule has 0 saturated carbocycles. The summed E-state index contributed by atoms with van der Waals surface area (Å²) in [4.78, 5) is 0. The van der Waals surface area contributed by atoms with Crippen LogP contribution in [-0.4, -0.2) is 20.3 Å². The zero-order valence-electron chi connectivity index (χ0n) is 9.17. The van der Waals surface area contributed by atoms with Gasteiger partial charge in [-0.2, -0.15) is 0 Å². The van der Waals surface area contributed by atoms with Gasteiger partial charge in [0.25, 0.3) is 0 Å². The number of halogens is 2. The molecule has 0 spiro atoms. The molecule has 2 unspecified atom stereocenters. The molecule has 0 aromatic heterocycles. The van der Waals surface area contributed by atoms with Gasteiger partial charge in [0.1, 0.15) is 0 Å². The van der Waals surface area contributed by atoms with Gasteiger partial charge in [0.05, 0.1) is 6.61 Å². The number of hydrogen-bond acceptors (Lipinski definition) is 2. The van der Waals surface area contributed by atoms with Crippen molar-refractivity contribution in [1.29, 1.82) is 0 Å². The van der Waals surface area contributed by atoms with Crippen LogP contribution >= 0.6 is 31.9 Å². The average molecular weight is 349 g/mol. The Hall–Kier alpha value is 0.1000. The van der Waals surface area contributed by atoms with E-state index in [0.717, 1.165) is 28.6 Å². The quantitative estimate of drug-likeness (QED) is 0.902. The molecule has 0 radical (unpaired) electrons. The number of hydrogen-bond donors (Lipinski definition) is 1. The van der Waals surface area contributed by atoms with E-state index in [1.807, 2.05) is 7.05 Å². The molecule has 1 N–H and O–H groups in total. The number of rotatable bonds is 3. The van der Waals surface area contributed by atoms with Gasteiger partial charge < -0.3 is 10.1 Å². The Labute approximate surface area is 113 Å². The molecule has 16 heavy (non-hydrogen) atoms. The van der Waals surface area contributed by atoms with Gasteiger partial charge in [-0.05, 0) is 37.2 Å². The van der Waals surface area contributed by atoms with Crippen molar-refractivity contribution in [3.63, 3.8) is 0 Å². The molecule has 1 aliphatic heterocycles. The Kier molecular flexibility index (Phi) is 4.41. The lowest BCUT2D eigenvalue weighted by Gasteiger charge is -2.22. The minimum Gasteiger partial charge on any atom is -0.381 e. The highest BCUT2D eigenvalue weighted by molar-refractivity contribution is 9.11. The maximum Gasteiger partial charge on any atom is 0.0513 e. The lowest BCUT2D eigenvalue weighted by molar-refractivity contribution is 0.178. The predicted octanol–water partition coefficient (Wildman–Crippen LogP) is 3.51. The molecule has 2 rings (SSSR count). The van der Waals surface area contributed by atoms with E-state index >= 15 is 0 Å². The molecule has 88 valence electrons. The van der Waals surface area contributed by atoms with Crippen LogP contribution in [0.25, 0.3) is 0 Å². The molecule has 1 aromatic carbocycles. The molecule has 1 aromatic rings. The van der Waals surface area contributed by atoms with Crippen molar-refractivity contribution in [3.8, 4) is 0 Å². The zero-order chi connectivity index (χ0) is 11.5. The summed E-state index contributed by atoms with van der Waals surface area (Å²) in [5.41, 5.74) is 1.30. The van der Waals surface area contributed by atoms with E-state index in [-0.39, 0.29) is 0 Å². The van der Waals surface area contributed by atoms with Crippen LogP contribution in [0.5, 0.6) is 0 Å². The van der Waals surface area contributed by atoms with Gasteiger partial charge in [0.15, 0.2) is 0 Å². The molecule has 4 heteroatoms. The van der Waals surface area contributed by atoms with E-state index in [4.69, 9.17) is 4.74 Å². The topological polar surface area (TPSA) is 21.3 Å². The van der Waals surface area contributed by atoms with Crippen molar-refractivity contribution in [2.24, 2.45) is 5.92 Å². The predicted molar refractivity (Wildman–Crippen MR) is 72.6 cm³/mol. The molecular weight excluding hydrogens is 334 g/mol. The Balaban J connectivity index is 2.24. The fraction of sp³-hybridized carbons (Fsp3) is 0.500. The summed E-state index contributed by atoms with van der Waals surface area (Å²) in [6, 6.07) is 6.77. The van der Waals surface area contributed by atoms with E-state index in [1.165, 1.54) is 5.56 Å². The highest BCUT2D eigenvalue weighted by atomic mass is 79.9. The molecule has 0 amide bonds. The minimum absolute atomic E-state index is 0.372. The second-order valence-electron chi connectivity index (χ2n) is 4.09. The van der Waals surface area contributed by atoms with Gasteiger partial charge in [-0.1, -0.05) is 31.9 Å². The number of nitrogens with one attached hydrogen (secondary N) is 1. The average Bonchev–Trinajstić information content (AvgIpc) is 2.70. The van der Waals surface area contributed by atoms with Crippen molar-refractivity contribution in [2.45, 2.75) is 12.5 Å². The third-order valence-corrected chi connectivity index (χ3v) is 3.91. The Bertz CT molecular complexity index is 344. The van der Waals surface area contributed by atoms with Crippen LogP contribution in [0.1, 0.15) is 18.0 Å². The first kappa shape index (κ1) is 12.6. The van der Waals surface area contributed by atoms with Gasteiger partial charge in [0, 0.05) is 27.5 Å². The summed E-state index contributed by atoms with van der Waals surface area (Å²) in [6.45, 7) is 1.74. The van der Waals surface area contributed by atoms with Crippen molar-refractivity contribution in [2.75, 3.05) is 20.3 Å². The second kappa shape index (κ2) is 5.63. The van der Waals surface area contributed by atoms with Crippen molar-refractivity contribution < 1.29 is 4.74 Å². The highest BCUT2D eigenvalue weighted by Gasteiger charge is 2.26. The first-order valence-electron chi connectivity index (χ1n) is 5.41. The standard InChI is InChI=1S/C12H15Br2NO/c1-15-12(8-2-3-16-7-8)9-4-10(13)6-11(14)5-9/h4-6,8,12,15H,2-3,7H2,1H3. The largest absolute Gasteiger partial charge is 0.381 e. The summed E-state index contributed by atoms with van der Waals surface area (Å²) in [5, 5.41) is 3.39. The van der Waals surface area contributed by atoms with Crippen molar-refractivity contribution in [1.82, 2.24) is 5.32 Å². The molecular formula is C12H15Br2NO. The SMILES string of the molecule is CNC(c1cc(Br)cc(Br)c1)C1CCOC1. The van der Waals surface area contributed by atoms with Gasteiger partial charge in [0.2, 0.25) is 0 Å². The normalized spacial score (nSPS) is 22.3. The van der Waals surface area contributed by atoms with E-state index in [2.05, 4.69) is 55.4 Å². The summed E-state index contributed by atoms with van der Waals surface area (Å²) in [5.74, 6) is 0.575. The van der Waals surface area contributed by atoms with Crippen LogP contribution in [0.15, 0.2) is 27.1 Å². The van der Waals surface area contributed by atoms with Gasteiger partial charge in [-0.3, -0.25) is 0 Å². The molecule has 1 fully saturated rings. The monoisotopic (exact) mass is 347 g/mol. The van der Waals surface area contributed by atoms with Gasteiger partial charge >= 0.3 is 0 Å². The minimum atomic E-state index is 0.372. The number of ether oxygens (including phenoxy) is 1.